The summed E-state index contributed by atoms with van der Waals surface area (Å²) in [4.78, 5) is 22.5. The van der Waals surface area contributed by atoms with Crippen molar-refractivity contribution in [2.24, 2.45) is 0 Å². The fourth-order valence-corrected chi connectivity index (χ4v) is 2.78. The van der Waals surface area contributed by atoms with E-state index >= 15 is 0 Å². The van der Waals surface area contributed by atoms with Gasteiger partial charge in [0.05, 0.1) is 34.3 Å². The van der Waals surface area contributed by atoms with Crippen molar-refractivity contribution in [2.75, 3.05) is 0 Å². The zero-order valence-corrected chi connectivity index (χ0v) is 12.3. The standard InChI is InChI=1S/C15H12N3O3P/c16-8-12-3-6-14-15(7-12)18(10-17-14)9-11-1-4-13(5-2-11)22(19,20)21/h1-7,10H,9H2,(H2,19,20,21). The minimum Gasteiger partial charge on any atom is -0.326 e. The van der Waals surface area contributed by atoms with Gasteiger partial charge >= 0.3 is 7.60 Å². The fourth-order valence-electron chi connectivity index (χ4n) is 2.24. The lowest BCUT2D eigenvalue weighted by molar-refractivity contribution is 0.387. The molecule has 110 valence electrons. The smallest absolute Gasteiger partial charge is 0.326 e. The lowest BCUT2D eigenvalue weighted by Crippen LogP contribution is -2.05. The number of nitrogens with zero attached hydrogens (tertiary/aromatic N) is 3. The van der Waals surface area contributed by atoms with E-state index in [4.69, 9.17) is 15.0 Å². The highest BCUT2D eigenvalue weighted by molar-refractivity contribution is 7.60. The van der Waals surface area contributed by atoms with Crippen LogP contribution >= 0.6 is 7.60 Å². The molecule has 1 aromatic heterocycles. The Bertz CT molecular complexity index is 919. The van der Waals surface area contributed by atoms with E-state index < -0.39 is 7.60 Å². The van der Waals surface area contributed by atoms with Crippen molar-refractivity contribution in [2.45, 2.75) is 6.54 Å². The first kappa shape index (κ1) is 14.5. The average Bonchev–Trinajstić information content (AvgIpc) is 2.89. The molecule has 0 bridgehead atoms. The molecule has 0 aliphatic rings. The van der Waals surface area contributed by atoms with E-state index in [1.165, 1.54) is 12.1 Å². The van der Waals surface area contributed by atoms with Gasteiger partial charge in [0.2, 0.25) is 0 Å². The summed E-state index contributed by atoms with van der Waals surface area (Å²) in [7, 11) is -4.21. The molecule has 3 rings (SSSR count). The van der Waals surface area contributed by atoms with Crippen LogP contribution in [0.1, 0.15) is 11.1 Å². The number of imidazole rings is 1. The zero-order valence-electron chi connectivity index (χ0n) is 11.4. The van der Waals surface area contributed by atoms with Gasteiger partial charge in [-0.05, 0) is 35.9 Å². The third-order valence-electron chi connectivity index (χ3n) is 3.38. The molecule has 0 amide bonds. The van der Waals surface area contributed by atoms with Gasteiger partial charge in [0, 0.05) is 6.54 Å². The van der Waals surface area contributed by atoms with E-state index in [2.05, 4.69) is 11.1 Å². The first-order chi connectivity index (χ1) is 10.5. The molecule has 0 fully saturated rings. The van der Waals surface area contributed by atoms with E-state index in [0.29, 0.717) is 12.1 Å². The summed E-state index contributed by atoms with van der Waals surface area (Å²) < 4.78 is 13.0. The first-order valence-electron chi connectivity index (χ1n) is 6.47. The Morgan fingerprint density at radius 3 is 2.55 bits per heavy atom. The summed E-state index contributed by atoms with van der Waals surface area (Å²) in [5.74, 6) is 0. The van der Waals surface area contributed by atoms with E-state index in [-0.39, 0.29) is 5.30 Å². The summed E-state index contributed by atoms with van der Waals surface area (Å²) in [5.41, 5.74) is 3.09. The van der Waals surface area contributed by atoms with Crippen LogP contribution in [0.15, 0.2) is 48.8 Å². The van der Waals surface area contributed by atoms with Crippen LogP contribution in [0.5, 0.6) is 0 Å². The Balaban J connectivity index is 1.93. The van der Waals surface area contributed by atoms with Gasteiger partial charge in [0.25, 0.3) is 0 Å². The number of rotatable bonds is 3. The molecule has 0 radical (unpaired) electrons. The van der Waals surface area contributed by atoms with Gasteiger partial charge in [-0.15, -0.1) is 0 Å². The van der Waals surface area contributed by atoms with Crippen LogP contribution in [0.3, 0.4) is 0 Å². The SMILES string of the molecule is N#Cc1ccc2ncn(Cc3ccc(P(=O)(O)O)cc3)c2c1. The molecule has 7 heteroatoms. The largest absolute Gasteiger partial charge is 0.356 e. The van der Waals surface area contributed by atoms with E-state index in [1.807, 2.05) is 4.57 Å². The second-order valence-electron chi connectivity index (χ2n) is 4.90. The molecule has 6 nitrogen and oxygen atoms in total. The number of hydrogen-bond donors (Lipinski definition) is 2. The van der Waals surface area contributed by atoms with Crippen LogP contribution < -0.4 is 5.30 Å². The van der Waals surface area contributed by atoms with Crippen LogP contribution in [0.25, 0.3) is 11.0 Å². The van der Waals surface area contributed by atoms with E-state index in [9.17, 15) is 4.57 Å². The molecule has 0 atom stereocenters. The van der Waals surface area contributed by atoms with Crippen molar-refractivity contribution in [1.29, 1.82) is 5.26 Å². The Morgan fingerprint density at radius 1 is 1.18 bits per heavy atom. The Kier molecular flexibility index (Phi) is 3.55. The Labute approximate surface area is 126 Å². The summed E-state index contributed by atoms with van der Waals surface area (Å²) in [6.07, 6.45) is 1.68. The van der Waals surface area contributed by atoms with Crippen LogP contribution in [-0.2, 0) is 11.1 Å². The van der Waals surface area contributed by atoms with Gasteiger partial charge < -0.3 is 14.4 Å². The monoisotopic (exact) mass is 313 g/mol. The van der Waals surface area contributed by atoms with Crippen molar-refractivity contribution in [3.8, 4) is 6.07 Å². The zero-order chi connectivity index (χ0) is 15.7. The Hall–Kier alpha value is -2.45. The lowest BCUT2D eigenvalue weighted by Gasteiger charge is -2.07. The average molecular weight is 313 g/mol. The van der Waals surface area contributed by atoms with Gasteiger partial charge in [-0.1, -0.05) is 12.1 Å². The van der Waals surface area contributed by atoms with Crippen molar-refractivity contribution < 1.29 is 14.4 Å². The lowest BCUT2D eigenvalue weighted by atomic mass is 10.2. The maximum atomic E-state index is 11.2. The molecule has 0 aliphatic carbocycles. The predicted octanol–water partition coefficient (Wildman–Crippen LogP) is 1.76. The van der Waals surface area contributed by atoms with Gasteiger partial charge in [-0.3, -0.25) is 4.57 Å². The molecule has 3 aromatic rings. The molecule has 1 heterocycles. The first-order valence-corrected chi connectivity index (χ1v) is 8.08. The molecule has 22 heavy (non-hydrogen) atoms. The number of aromatic nitrogens is 2. The number of nitriles is 1. The second-order valence-corrected chi connectivity index (χ2v) is 6.50. The summed E-state index contributed by atoms with van der Waals surface area (Å²) in [5, 5.41) is 8.97. The summed E-state index contributed by atoms with van der Waals surface area (Å²) in [6.45, 7) is 0.507. The van der Waals surface area contributed by atoms with Crippen LogP contribution in [0.4, 0.5) is 0 Å². The second kappa shape index (κ2) is 5.39. The molecule has 0 spiro atoms. The van der Waals surface area contributed by atoms with Gasteiger partial charge in [-0.2, -0.15) is 5.26 Å². The number of fused-ring (bicyclic) bond motifs is 1. The normalized spacial score (nSPS) is 11.5. The van der Waals surface area contributed by atoms with E-state index in [1.54, 1.807) is 36.7 Å². The van der Waals surface area contributed by atoms with Crippen molar-refractivity contribution in [1.82, 2.24) is 9.55 Å². The third kappa shape index (κ3) is 2.78. The minimum absolute atomic E-state index is 0.00138. The topological polar surface area (TPSA) is 99.1 Å². The number of benzene rings is 2. The summed E-state index contributed by atoms with van der Waals surface area (Å²) >= 11 is 0. The highest BCUT2D eigenvalue weighted by atomic mass is 31.2. The highest BCUT2D eigenvalue weighted by Gasteiger charge is 2.16. The maximum Gasteiger partial charge on any atom is 0.356 e. The van der Waals surface area contributed by atoms with E-state index in [0.717, 1.165) is 16.6 Å². The van der Waals surface area contributed by atoms with Crippen molar-refractivity contribution in [3.63, 3.8) is 0 Å². The highest BCUT2D eigenvalue weighted by Crippen LogP contribution is 2.32. The summed E-state index contributed by atoms with van der Waals surface area (Å²) in [6, 6.07) is 13.6. The fraction of sp³-hybridized carbons (Fsp3) is 0.0667. The predicted molar refractivity (Wildman–Crippen MR) is 81.7 cm³/mol. The van der Waals surface area contributed by atoms with Crippen LogP contribution in [-0.4, -0.2) is 19.3 Å². The third-order valence-corrected chi connectivity index (χ3v) is 4.35. The van der Waals surface area contributed by atoms with Crippen LogP contribution in [0, 0.1) is 11.3 Å². The quantitative estimate of drug-likeness (QED) is 0.718. The maximum absolute atomic E-state index is 11.2. The molecule has 0 saturated heterocycles. The number of hydrogen-bond acceptors (Lipinski definition) is 3. The molecular formula is C15H12N3O3P. The van der Waals surface area contributed by atoms with Gasteiger partial charge in [0.15, 0.2) is 0 Å². The molecule has 0 saturated carbocycles. The Morgan fingerprint density at radius 2 is 1.91 bits per heavy atom. The molecular weight excluding hydrogens is 301 g/mol. The molecule has 0 aliphatic heterocycles. The van der Waals surface area contributed by atoms with Crippen molar-refractivity contribution >= 4 is 23.9 Å². The minimum atomic E-state index is -4.21. The van der Waals surface area contributed by atoms with Crippen LogP contribution in [0.2, 0.25) is 0 Å². The van der Waals surface area contributed by atoms with Crippen molar-refractivity contribution in [3.05, 3.63) is 59.9 Å². The van der Waals surface area contributed by atoms with Gasteiger partial charge in [0.1, 0.15) is 0 Å². The molecule has 2 aromatic carbocycles. The molecule has 2 N–H and O–H groups in total. The van der Waals surface area contributed by atoms with Gasteiger partial charge in [-0.25, -0.2) is 4.98 Å². The molecule has 0 unspecified atom stereocenters.